The molecular weight excluding hydrogens is 236 g/mol. The number of hydrogen-bond donors (Lipinski definition) is 1. The summed E-state index contributed by atoms with van der Waals surface area (Å²) >= 11 is 0. The molecule has 0 amide bonds. The molecule has 0 saturated carbocycles. The molecule has 1 atom stereocenters. The summed E-state index contributed by atoms with van der Waals surface area (Å²) in [6, 6.07) is 4.76. The van der Waals surface area contributed by atoms with Crippen LogP contribution in [-0.2, 0) is 0 Å². The van der Waals surface area contributed by atoms with Gasteiger partial charge in [-0.05, 0) is 25.5 Å². The largest absolute Gasteiger partial charge is 0.496 e. The molecule has 2 rings (SSSR count). The fourth-order valence-electron chi connectivity index (χ4n) is 2.19. The molecule has 1 N–H and O–H groups in total. The van der Waals surface area contributed by atoms with Gasteiger partial charge in [0.25, 0.3) is 5.69 Å². The third-order valence-corrected chi connectivity index (χ3v) is 3.17. The molecule has 1 fully saturated rings. The summed E-state index contributed by atoms with van der Waals surface area (Å²) in [6.45, 7) is 2.75. The molecule has 0 bridgehead atoms. The van der Waals surface area contributed by atoms with Crippen molar-refractivity contribution in [3.8, 4) is 5.75 Å². The van der Waals surface area contributed by atoms with Gasteiger partial charge >= 0.3 is 0 Å². The van der Waals surface area contributed by atoms with Crippen LogP contribution in [0.15, 0.2) is 18.2 Å². The summed E-state index contributed by atoms with van der Waals surface area (Å²) in [4.78, 5) is 12.5. The van der Waals surface area contributed by atoms with Crippen LogP contribution in [0.2, 0.25) is 0 Å². The van der Waals surface area contributed by atoms with E-state index in [9.17, 15) is 15.2 Å². The van der Waals surface area contributed by atoms with E-state index in [0.29, 0.717) is 30.9 Å². The Labute approximate surface area is 105 Å². The van der Waals surface area contributed by atoms with Crippen molar-refractivity contribution in [1.82, 2.24) is 0 Å². The average molecular weight is 252 g/mol. The van der Waals surface area contributed by atoms with Gasteiger partial charge in [0.1, 0.15) is 11.4 Å². The van der Waals surface area contributed by atoms with Crippen molar-refractivity contribution >= 4 is 11.4 Å². The van der Waals surface area contributed by atoms with Gasteiger partial charge in [0.15, 0.2) is 0 Å². The van der Waals surface area contributed by atoms with Gasteiger partial charge in [-0.1, -0.05) is 0 Å². The smallest absolute Gasteiger partial charge is 0.296 e. The van der Waals surface area contributed by atoms with Crippen molar-refractivity contribution in [2.45, 2.75) is 18.9 Å². The standard InChI is InChI=1S/C12H16N2O4/c1-12(15)5-6-13(8-12)10-4-3-9(18-2)7-11(10)14(16)17/h3-4,7,15H,5-6,8H2,1-2H3. The van der Waals surface area contributed by atoms with E-state index in [1.807, 2.05) is 4.90 Å². The molecule has 0 aliphatic carbocycles. The van der Waals surface area contributed by atoms with Gasteiger partial charge in [0.05, 0.1) is 23.7 Å². The molecule has 6 nitrogen and oxygen atoms in total. The van der Waals surface area contributed by atoms with Crippen molar-refractivity contribution in [2.75, 3.05) is 25.1 Å². The first-order valence-corrected chi connectivity index (χ1v) is 5.73. The topological polar surface area (TPSA) is 75.8 Å². The Morgan fingerprint density at radius 3 is 2.78 bits per heavy atom. The summed E-state index contributed by atoms with van der Waals surface area (Å²) < 4.78 is 4.99. The van der Waals surface area contributed by atoms with E-state index in [-0.39, 0.29) is 5.69 Å². The number of anilines is 1. The molecule has 1 aromatic rings. The predicted octanol–water partition coefficient (Wildman–Crippen LogP) is 1.56. The Morgan fingerprint density at radius 2 is 2.28 bits per heavy atom. The highest BCUT2D eigenvalue weighted by Crippen LogP contribution is 2.35. The zero-order valence-electron chi connectivity index (χ0n) is 10.4. The van der Waals surface area contributed by atoms with E-state index >= 15 is 0 Å². The Kier molecular flexibility index (Phi) is 3.13. The summed E-state index contributed by atoms with van der Waals surface area (Å²) in [5, 5.41) is 21.0. The molecule has 0 radical (unpaired) electrons. The Bertz CT molecular complexity index is 473. The van der Waals surface area contributed by atoms with Crippen LogP contribution in [0.4, 0.5) is 11.4 Å². The number of hydrogen-bond acceptors (Lipinski definition) is 5. The van der Waals surface area contributed by atoms with Gasteiger partial charge in [-0.3, -0.25) is 10.1 Å². The van der Waals surface area contributed by atoms with Crippen LogP contribution >= 0.6 is 0 Å². The minimum Gasteiger partial charge on any atom is -0.496 e. The van der Waals surface area contributed by atoms with E-state index < -0.39 is 10.5 Å². The number of nitro benzene ring substituents is 1. The van der Waals surface area contributed by atoms with Crippen LogP contribution in [0.3, 0.4) is 0 Å². The third kappa shape index (κ3) is 2.38. The summed E-state index contributed by atoms with van der Waals surface area (Å²) in [6.07, 6.45) is 0.607. The van der Waals surface area contributed by atoms with E-state index in [1.165, 1.54) is 13.2 Å². The maximum absolute atomic E-state index is 11.1. The van der Waals surface area contributed by atoms with E-state index in [2.05, 4.69) is 0 Å². The first kappa shape index (κ1) is 12.6. The maximum atomic E-state index is 11.1. The number of aliphatic hydroxyl groups is 1. The molecule has 98 valence electrons. The van der Waals surface area contributed by atoms with Crippen molar-refractivity contribution in [3.05, 3.63) is 28.3 Å². The number of nitro groups is 1. The fraction of sp³-hybridized carbons (Fsp3) is 0.500. The van der Waals surface area contributed by atoms with Crippen LogP contribution in [0.5, 0.6) is 5.75 Å². The molecule has 1 aliphatic heterocycles. The lowest BCUT2D eigenvalue weighted by molar-refractivity contribution is -0.384. The predicted molar refractivity (Wildman–Crippen MR) is 67.1 cm³/mol. The Hall–Kier alpha value is -1.82. The first-order valence-electron chi connectivity index (χ1n) is 5.73. The quantitative estimate of drug-likeness (QED) is 0.652. The lowest BCUT2D eigenvalue weighted by Crippen LogP contribution is -2.29. The van der Waals surface area contributed by atoms with Gasteiger partial charge in [-0.2, -0.15) is 0 Å². The van der Waals surface area contributed by atoms with Gasteiger partial charge in [0, 0.05) is 13.1 Å². The van der Waals surface area contributed by atoms with Crippen LogP contribution in [0.25, 0.3) is 0 Å². The number of nitrogens with zero attached hydrogens (tertiary/aromatic N) is 2. The second-order valence-electron chi connectivity index (χ2n) is 4.78. The number of benzene rings is 1. The van der Waals surface area contributed by atoms with Crippen LogP contribution < -0.4 is 9.64 Å². The number of methoxy groups -OCH3 is 1. The van der Waals surface area contributed by atoms with Gasteiger partial charge in [-0.25, -0.2) is 0 Å². The summed E-state index contributed by atoms with van der Waals surface area (Å²) in [7, 11) is 1.47. The number of rotatable bonds is 3. The highest BCUT2D eigenvalue weighted by Gasteiger charge is 2.34. The molecule has 18 heavy (non-hydrogen) atoms. The lowest BCUT2D eigenvalue weighted by Gasteiger charge is -2.20. The van der Waals surface area contributed by atoms with Gasteiger partial charge in [-0.15, -0.1) is 0 Å². The molecule has 1 saturated heterocycles. The molecule has 1 aromatic carbocycles. The first-order chi connectivity index (χ1) is 8.43. The van der Waals surface area contributed by atoms with Crippen molar-refractivity contribution in [2.24, 2.45) is 0 Å². The molecule has 1 heterocycles. The zero-order chi connectivity index (χ0) is 13.3. The van der Waals surface area contributed by atoms with Crippen LogP contribution in [0, 0.1) is 10.1 Å². The SMILES string of the molecule is COc1ccc(N2CCC(C)(O)C2)c([N+](=O)[O-])c1. The molecular formula is C12H16N2O4. The molecule has 1 unspecified atom stereocenters. The second kappa shape index (κ2) is 4.45. The third-order valence-electron chi connectivity index (χ3n) is 3.17. The molecule has 1 aliphatic rings. The monoisotopic (exact) mass is 252 g/mol. The average Bonchev–Trinajstić information content (AvgIpc) is 2.68. The molecule has 6 heteroatoms. The number of ether oxygens (including phenoxy) is 1. The minimum absolute atomic E-state index is 0.00653. The molecule has 0 aromatic heterocycles. The highest BCUT2D eigenvalue weighted by atomic mass is 16.6. The lowest BCUT2D eigenvalue weighted by atomic mass is 10.1. The van der Waals surface area contributed by atoms with Gasteiger partial charge in [0.2, 0.25) is 0 Å². The van der Waals surface area contributed by atoms with E-state index in [0.717, 1.165) is 0 Å². The minimum atomic E-state index is -0.784. The maximum Gasteiger partial charge on any atom is 0.296 e. The van der Waals surface area contributed by atoms with E-state index in [4.69, 9.17) is 4.74 Å². The Balaban J connectivity index is 2.36. The van der Waals surface area contributed by atoms with Gasteiger partial charge < -0.3 is 14.7 Å². The fourth-order valence-corrected chi connectivity index (χ4v) is 2.19. The van der Waals surface area contributed by atoms with Crippen molar-refractivity contribution in [3.63, 3.8) is 0 Å². The highest BCUT2D eigenvalue weighted by molar-refractivity contribution is 5.66. The summed E-state index contributed by atoms with van der Waals surface area (Å²) in [5.41, 5.74) is -0.251. The van der Waals surface area contributed by atoms with Crippen molar-refractivity contribution < 1.29 is 14.8 Å². The Morgan fingerprint density at radius 1 is 1.56 bits per heavy atom. The second-order valence-corrected chi connectivity index (χ2v) is 4.78. The molecule has 0 spiro atoms. The van der Waals surface area contributed by atoms with Crippen LogP contribution in [-0.4, -0.2) is 35.8 Å². The zero-order valence-corrected chi connectivity index (χ0v) is 10.4. The van der Waals surface area contributed by atoms with E-state index in [1.54, 1.807) is 19.1 Å². The normalized spacial score (nSPS) is 23.2. The number of β-amino-alcohol motifs (C(OH)–C–C–N with tert-alkyl or cyclic N) is 1. The summed E-state index contributed by atoms with van der Waals surface area (Å²) in [5.74, 6) is 0.455. The van der Waals surface area contributed by atoms with Crippen molar-refractivity contribution in [1.29, 1.82) is 0 Å². The van der Waals surface area contributed by atoms with Crippen LogP contribution in [0.1, 0.15) is 13.3 Å².